The maximum absolute atomic E-state index is 12.0. The number of hydrogen-bond acceptors (Lipinski definition) is 17. The summed E-state index contributed by atoms with van der Waals surface area (Å²) in [5, 5.41) is 98.5. The molecule has 0 saturated carbocycles. The van der Waals surface area contributed by atoms with E-state index in [-0.39, 0.29) is 12.5 Å². The van der Waals surface area contributed by atoms with E-state index < -0.39 is 118 Å². The highest BCUT2D eigenvalue weighted by Gasteiger charge is 2.54. The van der Waals surface area contributed by atoms with E-state index in [0.717, 1.165) is 12.8 Å². The molecule has 3 rings (SSSR count). The summed E-state index contributed by atoms with van der Waals surface area (Å²) in [5.74, 6) is -0.669. The van der Waals surface area contributed by atoms with Crippen LogP contribution in [0.15, 0.2) is 0 Å². The zero-order chi connectivity index (χ0) is 34.8. The highest BCUT2D eigenvalue weighted by molar-refractivity contribution is 5.75. The molecule has 3 heterocycles. The van der Waals surface area contributed by atoms with Crippen LogP contribution in [-0.4, -0.2) is 183 Å². The first-order chi connectivity index (χ1) is 22.4. The number of ether oxygens (including phenoxy) is 6. The van der Waals surface area contributed by atoms with Crippen molar-refractivity contribution >= 4 is 11.8 Å². The Balaban J connectivity index is 1.71. The molecule has 0 bridgehead atoms. The number of carbonyl (C=O) groups is 2. The van der Waals surface area contributed by atoms with Gasteiger partial charge in [0.2, 0.25) is 11.8 Å². The van der Waals surface area contributed by atoms with E-state index in [9.17, 15) is 55.5 Å². The fourth-order valence-electron chi connectivity index (χ4n) is 5.51. The van der Waals surface area contributed by atoms with Crippen LogP contribution in [0.4, 0.5) is 0 Å². The van der Waals surface area contributed by atoms with Crippen LogP contribution < -0.4 is 10.6 Å². The van der Waals surface area contributed by atoms with Gasteiger partial charge >= 0.3 is 0 Å². The minimum absolute atomic E-state index is 0.0443. The van der Waals surface area contributed by atoms with Gasteiger partial charge in [-0.25, -0.2) is 0 Å². The molecule has 0 aromatic carbocycles. The molecule has 0 radical (unpaired) electrons. The topological polar surface area (TPSA) is 296 Å². The average molecular weight is 687 g/mol. The first-order valence-corrected chi connectivity index (χ1v) is 15.7. The first-order valence-electron chi connectivity index (χ1n) is 15.7. The minimum atomic E-state index is -1.92. The van der Waals surface area contributed by atoms with E-state index in [0.29, 0.717) is 19.4 Å². The van der Waals surface area contributed by atoms with Crippen molar-refractivity contribution in [3.05, 3.63) is 0 Å². The van der Waals surface area contributed by atoms with E-state index in [1.165, 1.54) is 6.92 Å². The summed E-state index contributed by atoms with van der Waals surface area (Å²) in [6.07, 6.45) is -20.5. The van der Waals surface area contributed by atoms with E-state index in [1.54, 1.807) is 0 Å². The molecule has 47 heavy (non-hydrogen) atoms. The molecule has 6 unspecified atom stereocenters. The zero-order valence-electron chi connectivity index (χ0n) is 26.3. The van der Waals surface area contributed by atoms with Crippen LogP contribution in [0.1, 0.15) is 39.5 Å². The van der Waals surface area contributed by atoms with Gasteiger partial charge < -0.3 is 85.0 Å². The summed E-state index contributed by atoms with van der Waals surface area (Å²) in [6.45, 7) is 1.18. The third-order valence-corrected chi connectivity index (χ3v) is 8.16. The predicted molar refractivity (Wildman–Crippen MR) is 154 cm³/mol. The van der Waals surface area contributed by atoms with Gasteiger partial charge in [0.1, 0.15) is 73.2 Å². The van der Waals surface area contributed by atoms with Crippen molar-refractivity contribution in [1.29, 1.82) is 0 Å². The lowest BCUT2D eigenvalue weighted by Gasteiger charge is -2.48. The molecule has 3 aliphatic heterocycles. The summed E-state index contributed by atoms with van der Waals surface area (Å²) in [4.78, 5) is 23.8. The molecule has 0 aromatic heterocycles. The van der Waals surface area contributed by atoms with Crippen molar-refractivity contribution in [3.63, 3.8) is 0 Å². The standard InChI is InChI=1S/C28H50N2O17/c1-3-4-6-16(35)29-7-5-8-42-26-17(30-12(2)34)20(38)24(15(11-33)45-26)46-28-23(41)25(19(37)14(10-32)44-28)47-27-22(40)21(39)18(36)13(9-31)43-27/h13-15,17-28,31-33,36-41H,3-11H2,1-2H3,(H,29,35)(H,30,34)/t13?,14-,15?,17?,18+,19-,20-,21+,22?,23?,24+,25?,26-,27+,28-/m1/s1. The van der Waals surface area contributed by atoms with Crippen molar-refractivity contribution in [2.75, 3.05) is 33.0 Å². The molecule has 0 aliphatic carbocycles. The molecule has 3 saturated heterocycles. The van der Waals surface area contributed by atoms with Gasteiger partial charge in [0.15, 0.2) is 18.9 Å². The number of amides is 2. The van der Waals surface area contributed by atoms with E-state index in [4.69, 9.17) is 28.4 Å². The van der Waals surface area contributed by atoms with Gasteiger partial charge in [0.05, 0.1) is 26.4 Å². The van der Waals surface area contributed by atoms with Crippen LogP contribution >= 0.6 is 0 Å². The Hall–Kier alpha value is -1.66. The summed E-state index contributed by atoms with van der Waals surface area (Å²) in [7, 11) is 0. The molecule has 19 heteroatoms. The number of unbranched alkanes of at least 4 members (excludes halogenated alkanes) is 1. The van der Waals surface area contributed by atoms with Gasteiger partial charge in [-0.15, -0.1) is 0 Å². The highest BCUT2D eigenvalue weighted by Crippen LogP contribution is 2.32. The Morgan fingerprint density at radius 2 is 1.26 bits per heavy atom. The second-order valence-corrected chi connectivity index (χ2v) is 11.7. The smallest absolute Gasteiger partial charge is 0.219 e. The SMILES string of the molecule is CCCCC(=O)NCCCO[C@@H]1OC(CO)[C@H](O[C@H]2O[C@H](CO)[C@@H](O)C(O[C@@H]3OC(CO)[C@H](O)[C@H](O)C3O)C2O)[C@H](O)C1NC(C)=O. The Morgan fingerprint density at radius 1 is 0.681 bits per heavy atom. The van der Waals surface area contributed by atoms with Crippen LogP contribution in [0.2, 0.25) is 0 Å². The Bertz CT molecular complexity index is 964. The van der Waals surface area contributed by atoms with Gasteiger partial charge in [-0.3, -0.25) is 9.59 Å². The number of carbonyl (C=O) groups excluding carboxylic acids is 2. The Kier molecular flexibility index (Phi) is 16.0. The fraction of sp³-hybridized carbons (Fsp3) is 0.929. The predicted octanol–water partition coefficient (Wildman–Crippen LogP) is -5.71. The second-order valence-electron chi connectivity index (χ2n) is 11.7. The van der Waals surface area contributed by atoms with Crippen molar-refractivity contribution in [2.24, 2.45) is 0 Å². The molecule has 11 N–H and O–H groups in total. The molecule has 15 atom stereocenters. The molecule has 2 amide bonds. The van der Waals surface area contributed by atoms with Crippen LogP contribution in [-0.2, 0) is 38.0 Å². The van der Waals surface area contributed by atoms with E-state index in [2.05, 4.69) is 10.6 Å². The quantitative estimate of drug-likeness (QED) is 0.0674. The summed E-state index contributed by atoms with van der Waals surface area (Å²) in [5.41, 5.74) is 0. The molecule has 3 aliphatic rings. The third kappa shape index (κ3) is 10.2. The molecular formula is C28H50N2O17. The molecule has 0 aromatic rings. The zero-order valence-corrected chi connectivity index (χ0v) is 26.3. The van der Waals surface area contributed by atoms with Crippen molar-refractivity contribution in [3.8, 4) is 0 Å². The Labute approximate surface area is 271 Å². The largest absolute Gasteiger partial charge is 0.394 e. The lowest BCUT2D eigenvalue weighted by molar-refractivity contribution is -0.376. The summed E-state index contributed by atoms with van der Waals surface area (Å²) >= 11 is 0. The molecule has 0 spiro atoms. The number of rotatable bonds is 16. The molecule has 19 nitrogen and oxygen atoms in total. The van der Waals surface area contributed by atoms with Gasteiger partial charge in [-0.05, 0) is 12.8 Å². The summed E-state index contributed by atoms with van der Waals surface area (Å²) < 4.78 is 33.8. The maximum Gasteiger partial charge on any atom is 0.219 e. The number of aliphatic hydroxyl groups excluding tert-OH is 9. The van der Waals surface area contributed by atoms with Crippen LogP contribution in [0.5, 0.6) is 0 Å². The number of nitrogens with one attached hydrogen (secondary N) is 2. The van der Waals surface area contributed by atoms with Crippen LogP contribution in [0.3, 0.4) is 0 Å². The summed E-state index contributed by atoms with van der Waals surface area (Å²) in [6, 6.07) is -1.25. The van der Waals surface area contributed by atoms with E-state index >= 15 is 0 Å². The van der Waals surface area contributed by atoms with Gasteiger partial charge in [-0.2, -0.15) is 0 Å². The van der Waals surface area contributed by atoms with Gasteiger partial charge in [0, 0.05) is 19.9 Å². The fourth-order valence-corrected chi connectivity index (χ4v) is 5.51. The Morgan fingerprint density at radius 3 is 1.85 bits per heavy atom. The lowest BCUT2D eigenvalue weighted by Crippen LogP contribution is -2.68. The molecule has 274 valence electrons. The second kappa shape index (κ2) is 18.9. The maximum atomic E-state index is 12.0. The first kappa shape index (κ1) is 39.8. The highest BCUT2D eigenvalue weighted by atomic mass is 16.8. The van der Waals surface area contributed by atoms with Crippen molar-refractivity contribution in [2.45, 2.75) is 132 Å². The monoisotopic (exact) mass is 686 g/mol. The van der Waals surface area contributed by atoms with Gasteiger partial charge in [0.25, 0.3) is 0 Å². The van der Waals surface area contributed by atoms with Crippen molar-refractivity contribution < 1.29 is 84.0 Å². The molecule has 3 fully saturated rings. The lowest BCUT2D eigenvalue weighted by atomic mass is 9.95. The number of hydrogen-bond donors (Lipinski definition) is 11. The average Bonchev–Trinajstić information content (AvgIpc) is 3.05. The normalized spacial score (nSPS) is 41.0. The number of aliphatic hydroxyl groups is 9. The molecular weight excluding hydrogens is 636 g/mol. The van der Waals surface area contributed by atoms with Crippen LogP contribution in [0.25, 0.3) is 0 Å². The van der Waals surface area contributed by atoms with Crippen LogP contribution in [0, 0.1) is 0 Å². The minimum Gasteiger partial charge on any atom is -0.394 e. The van der Waals surface area contributed by atoms with Gasteiger partial charge in [-0.1, -0.05) is 13.3 Å². The van der Waals surface area contributed by atoms with Crippen molar-refractivity contribution in [1.82, 2.24) is 10.6 Å². The third-order valence-electron chi connectivity index (χ3n) is 8.16. The van der Waals surface area contributed by atoms with E-state index in [1.807, 2.05) is 6.92 Å².